The molecule has 0 aromatic carbocycles. The zero-order chi connectivity index (χ0) is 9.84. The van der Waals surface area contributed by atoms with Gasteiger partial charge in [0.2, 0.25) is 0 Å². The molecular weight excluding hydrogens is 184 g/mol. The lowest BCUT2D eigenvalue weighted by Crippen LogP contribution is -2.18. The highest BCUT2D eigenvalue weighted by molar-refractivity contribution is 8.00. The van der Waals surface area contributed by atoms with E-state index in [2.05, 4.69) is 6.92 Å². The van der Waals surface area contributed by atoms with Crippen molar-refractivity contribution < 1.29 is 9.53 Å². The first-order valence-corrected chi connectivity index (χ1v) is 5.92. The van der Waals surface area contributed by atoms with E-state index in [-0.39, 0.29) is 5.92 Å². The average Bonchev–Trinajstić information content (AvgIpc) is 2.47. The van der Waals surface area contributed by atoms with E-state index in [4.69, 9.17) is 4.74 Å². The van der Waals surface area contributed by atoms with Gasteiger partial charge < -0.3 is 4.74 Å². The second-order valence-electron chi connectivity index (χ2n) is 3.84. The maximum atomic E-state index is 11.3. The molecule has 2 nitrogen and oxygen atoms in total. The molecule has 76 valence electrons. The van der Waals surface area contributed by atoms with Gasteiger partial charge in [-0.25, -0.2) is 0 Å². The minimum Gasteiger partial charge on any atom is -0.377 e. The molecule has 0 aromatic heterocycles. The Morgan fingerprint density at radius 1 is 1.62 bits per heavy atom. The smallest absolute Gasteiger partial charge is 0.145 e. The zero-order valence-corrected chi connectivity index (χ0v) is 9.39. The molecule has 1 heterocycles. The Morgan fingerprint density at radius 2 is 2.31 bits per heavy atom. The molecule has 1 fully saturated rings. The average molecular weight is 202 g/mol. The SMILES string of the molecule is CC(C)C(=O)CSC1CCOC1C. The number of ether oxygens (including phenoxy) is 1. The van der Waals surface area contributed by atoms with Crippen LogP contribution in [-0.2, 0) is 9.53 Å². The monoisotopic (exact) mass is 202 g/mol. The molecule has 0 radical (unpaired) electrons. The summed E-state index contributed by atoms with van der Waals surface area (Å²) in [5.74, 6) is 1.17. The second kappa shape index (κ2) is 5.01. The summed E-state index contributed by atoms with van der Waals surface area (Å²) in [7, 11) is 0. The topological polar surface area (TPSA) is 26.3 Å². The molecule has 2 atom stereocenters. The summed E-state index contributed by atoms with van der Waals surface area (Å²) in [6.07, 6.45) is 1.42. The standard InChI is InChI=1S/C10H18O2S/c1-7(2)9(11)6-13-10-4-5-12-8(10)3/h7-8,10H,4-6H2,1-3H3. The summed E-state index contributed by atoms with van der Waals surface area (Å²) in [4.78, 5) is 11.3. The van der Waals surface area contributed by atoms with E-state index in [1.54, 1.807) is 11.8 Å². The van der Waals surface area contributed by atoms with Crippen molar-refractivity contribution in [1.29, 1.82) is 0 Å². The van der Waals surface area contributed by atoms with Gasteiger partial charge in [-0.3, -0.25) is 4.79 Å². The lowest BCUT2D eigenvalue weighted by molar-refractivity contribution is -0.119. The fourth-order valence-corrected chi connectivity index (χ4v) is 2.61. The van der Waals surface area contributed by atoms with Gasteiger partial charge in [0.05, 0.1) is 11.9 Å². The normalized spacial score (nSPS) is 28.3. The van der Waals surface area contributed by atoms with Crippen LogP contribution in [0, 0.1) is 5.92 Å². The van der Waals surface area contributed by atoms with Crippen molar-refractivity contribution in [2.45, 2.75) is 38.5 Å². The van der Waals surface area contributed by atoms with Crippen LogP contribution < -0.4 is 0 Å². The second-order valence-corrected chi connectivity index (χ2v) is 5.06. The van der Waals surface area contributed by atoms with Crippen molar-refractivity contribution in [3.8, 4) is 0 Å². The van der Waals surface area contributed by atoms with Gasteiger partial charge in [0.1, 0.15) is 5.78 Å². The zero-order valence-electron chi connectivity index (χ0n) is 8.58. The highest BCUT2D eigenvalue weighted by atomic mass is 32.2. The van der Waals surface area contributed by atoms with Crippen molar-refractivity contribution in [2.75, 3.05) is 12.4 Å². The van der Waals surface area contributed by atoms with Crippen LogP contribution in [0.15, 0.2) is 0 Å². The highest BCUT2D eigenvalue weighted by Gasteiger charge is 2.25. The number of Topliss-reactive ketones (excluding diaryl/α,β-unsaturated/α-hetero) is 1. The Kier molecular flexibility index (Phi) is 4.26. The van der Waals surface area contributed by atoms with Crippen LogP contribution in [-0.4, -0.2) is 29.5 Å². The maximum absolute atomic E-state index is 11.3. The number of thioether (sulfide) groups is 1. The molecule has 13 heavy (non-hydrogen) atoms. The summed E-state index contributed by atoms with van der Waals surface area (Å²) >= 11 is 1.75. The predicted molar refractivity (Wildman–Crippen MR) is 56.1 cm³/mol. The van der Waals surface area contributed by atoms with Crippen molar-refractivity contribution in [3.05, 3.63) is 0 Å². The van der Waals surface area contributed by atoms with Crippen LogP contribution in [0.25, 0.3) is 0 Å². The molecule has 0 bridgehead atoms. The number of rotatable bonds is 4. The predicted octanol–water partition coefficient (Wildman–Crippen LogP) is 2.12. The number of carbonyl (C=O) groups is 1. The van der Waals surface area contributed by atoms with Crippen LogP contribution in [0.4, 0.5) is 0 Å². The van der Waals surface area contributed by atoms with Gasteiger partial charge in [-0.1, -0.05) is 13.8 Å². The molecule has 3 heteroatoms. The summed E-state index contributed by atoms with van der Waals surface area (Å²) in [6.45, 7) is 6.86. The van der Waals surface area contributed by atoms with Gasteiger partial charge >= 0.3 is 0 Å². The molecular formula is C10H18O2S. The summed E-state index contributed by atoms with van der Waals surface area (Å²) in [5, 5.41) is 0.530. The summed E-state index contributed by atoms with van der Waals surface area (Å²) in [5.41, 5.74) is 0. The van der Waals surface area contributed by atoms with E-state index >= 15 is 0 Å². The largest absolute Gasteiger partial charge is 0.377 e. The number of carbonyl (C=O) groups excluding carboxylic acids is 1. The molecule has 2 unspecified atom stereocenters. The third kappa shape index (κ3) is 3.31. The first kappa shape index (κ1) is 11.1. The first-order valence-electron chi connectivity index (χ1n) is 4.87. The first-order chi connectivity index (χ1) is 6.11. The van der Waals surface area contributed by atoms with Crippen molar-refractivity contribution in [2.24, 2.45) is 5.92 Å². The number of hydrogen-bond donors (Lipinski definition) is 0. The van der Waals surface area contributed by atoms with E-state index < -0.39 is 0 Å². The van der Waals surface area contributed by atoms with Crippen LogP contribution in [0.5, 0.6) is 0 Å². The van der Waals surface area contributed by atoms with E-state index in [1.807, 2.05) is 13.8 Å². The molecule has 0 aliphatic carbocycles. The van der Waals surface area contributed by atoms with Crippen molar-refractivity contribution in [3.63, 3.8) is 0 Å². The molecule has 0 saturated carbocycles. The molecule has 0 spiro atoms. The molecule has 0 N–H and O–H groups in total. The van der Waals surface area contributed by atoms with Gasteiger partial charge in [-0.15, -0.1) is 11.8 Å². The maximum Gasteiger partial charge on any atom is 0.145 e. The van der Waals surface area contributed by atoms with Crippen molar-refractivity contribution >= 4 is 17.5 Å². The van der Waals surface area contributed by atoms with Crippen LogP contribution in [0.1, 0.15) is 27.2 Å². The van der Waals surface area contributed by atoms with Crippen LogP contribution >= 0.6 is 11.8 Å². The summed E-state index contributed by atoms with van der Waals surface area (Å²) < 4.78 is 5.43. The van der Waals surface area contributed by atoms with E-state index in [9.17, 15) is 4.79 Å². The summed E-state index contributed by atoms with van der Waals surface area (Å²) in [6, 6.07) is 0. The minimum absolute atomic E-state index is 0.171. The Hall–Kier alpha value is -0.0200. The Balaban J connectivity index is 2.22. The van der Waals surface area contributed by atoms with Gasteiger partial charge in [-0.05, 0) is 13.3 Å². The Bertz CT molecular complexity index is 180. The van der Waals surface area contributed by atoms with Crippen LogP contribution in [0.3, 0.4) is 0 Å². The molecule has 1 aliphatic heterocycles. The Morgan fingerprint density at radius 3 is 2.77 bits per heavy atom. The quantitative estimate of drug-likeness (QED) is 0.698. The van der Waals surface area contributed by atoms with E-state index in [0.29, 0.717) is 22.9 Å². The van der Waals surface area contributed by atoms with Gasteiger partial charge in [-0.2, -0.15) is 0 Å². The van der Waals surface area contributed by atoms with Crippen LogP contribution in [0.2, 0.25) is 0 Å². The van der Waals surface area contributed by atoms with Gasteiger partial charge in [0.25, 0.3) is 0 Å². The van der Waals surface area contributed by atoms with Gasteiger partial charge in [0, 0.05) is 17.8 Å². The van der Waals surface area contributed by atoms with E-state index in [0.717, 1.165) is 13.0 Å². The molecule has 1 saturated heterocycles. The number of ketones is 1. The molecule has 0 amide bonds. The fourth-order valence-electron chi connectivity index (χ4n) is 1.29. The third-order valence-electron chi connectivity index (χ3n) is 2.39. The molecule has 0 aromatic rings. The fraction of sp³-hybridized carbons (Fsp3) is 0.900. The molecule has 1 aliphatic rings. The third-order valence-corrected chi connectivity index (χ3v) is 3.89. The number of hydrogen-bond acceptors (Lipinski definition) is 3. The van der Waals surface area contributed by atoms with Gasteiger partial charge in [0.15, 0.2) is 0 Å². The minimum atomic E-state index is 0.171. The lowest BCUT2D eigenvalue weighted by atomic mass is 10.1. The highest BCUT2D eigenvalue weighted by Crippen LogP contribution is 2.26. The van der Waals surface area contributed by atoms with Crippen molar-refractivity contribution in [1.82, 2.24) is 0 Å². The van der Waals surface area contributed by atoms with E-state index in [1.165, 1.54) is 0 Å². The Labute approximate surface area is 84.4 Å². The lowest BCUT2D eigenvalue weighted by Gasteiger charge is -2.13. The molecule has 1 rings (SSSR count).